The lowest BCUT2D eigenvalue weighted by atomic mass is 9.99. The van der Waals surface area contributed by atoms with Crippen molar-refractivity contribution in [2.75, 3.05) is 18.0 Å². The van der Waals surface area contributed by atoms with Crippen molar-refractivity contribution in [1.29, 1.82) is 0 Å². The first-order chi connectivity index (χ1) is 11.4. The third kappa shape index (κ3) is 3.09. The highest BCUT2D eigenvalue weighted by Crippen LogP contribution is 2.36. The van der Waals surface area contributed by atoms with Crippen LogP contribution in [0.15, 0.2) is 23.7 Å². The molecule has 2 aromatic rings. The standard InChI is InChI=1S/C16H19N5O2S/c1-10-8-24-15(19-10)16(20-11(2)22)4-6-21(9-16)12-3-5-18-13(7-12)14(17)23/h3,5,7-8H,4,6,9H2,1-2H3,(H2,17,23)(H,20,22). The van der Waals surface area contributed by atoms with Gasteiger partial charge in [0, 0.05) is 43.0 Å². The van der Waals surface area contributed by atoms with Crippen LogP contribution in [0.4, 0.5) is 5.69 Å². The number of nitrogens with one attached hydrogen (secondary N) is 1. The predicted molar refractivity (Wildman–Crippen MR) is 91.9 cm³/mol. The molecule has 1 saturated heterocycles. The lowest BCUT2D eigenvalue weighted by Crippen LogP contribution is -2.47. The summed E-state index contributed by atoms with van der Waals surface area (Å²) >= 11 is 1.55. The van der Waals surface area contributed by atoms with Gasteiger partial charge in [-0.1, -0.05) is 0 Å². The lowest BCUT2D eigenvalue weighted by molar-refractivity contribution is -0.120. The van der Waals surface area contributed by atoms with Crippen LogP contribution in [0.25, 0.3) is 0 Å². The summed E-state index contributed by atoms with van der Waals surface area (Å²) in [6.45, 7) is 4.78. The van der Waals surface area contributed by atoms with Crippen LogP contribution in [-0.2, 0) is 10.3 Å². The summed E-state index contributed by atoms with van der Waals surface area (Å²) in [4.78, 5) is 33.8. The van der Waals surface area contributed by atoms with E-state index in [-0.39, 0.29) is 11.6 Å². The van der Waals surface area contributed by atoms with Gasteiger partial charge in [-0.25, -0.2) is 4.98 Å². The topological polar surface area (TPSA) is 101 Å². The second-order valence-corrected chi connectivity index (χ2v) is 6.85. The molecule has 1 aliphatic heterocycles. The number of nitrogens with two attached hydrogens (primary N) is 1. The number of pyridine rings is 1. The molecule has 8 heteroatoms. The van der Waals surface area contributed by atoms with E-state index in [1.54, 1.807) is 23.6 Å². The van der Waals surface area contributed by atoms with Gasteiger partial charge in [0.15, 0.2) is 0 Å². The van der Waals surface area contributed by atoms with Crippen molar-refractivity contribution >= 4 is 28.8 Å². The highest BCUT2D eigenvalue weighted by atomic mass is 32.1. The van der Waals surface area contributed by atoms with E-state index in [0.717, 1.165) is 29.4 Å². The van der Waals surface area contributed by atoms with E-state index >= 15 is 0 Å². The Kier molecular flexibility index (Phi) is 4.23. The number of rotatable bonds is 4. The quantitative estimate of drug-likeness (QED) is 0.867. The fraction of sp³-hybridized carbons (Fsp3) is 0.375. The number of hydrogen-bond donors (Lipinski definition) is 2. The maximum Gasteiger partial charge on any atom is 0.267 e. The highest BCUT2D eigenvalue weighted by Gasteiger charge is 2.43. The van der Waals surface area contributed by atoms with Gasteiger partial charge >= 0.3 is 0 Å². The normalized spacial score (nSPS) is 20.2. The summed E-state index contributed by atoms with van der Waals surface area (Å²) in [6, 6.07) is 3.52. The van der Waals surface area contributed by atoms with Crippen molar-refractivity contribution in [3.05, 3.63) is 40.1 Å². The van der Waals surface area contributed by atoms with Crippen molar-refractivity contribution in [3.63, 3.8) is 0 Å². The molecule has 24 heavy (non-hydrogen) atoms. The Morgan fingerprint density at radius 2 is 2.25 bits per heavy atom. The van der Waals surface area contributed by atoms with Gasteiger partial charge < -0.3 is 16.0 Å². The summed E-state index contributed by atoms with van der Waals surface area (Å²) in [5.41, 5.74) is 6.83. The first kappa shape index (κ1) is 16.4. The summed E-state index contributed by atoms with van der Waals surface area (Å²) in [5.74, 6) is -0.642. The first-order valence-electron chi connectivity index (χ1n) is 7.62. The molecule has 1 aliphatic rings. The number of carbonyl (C=O) groups is 2. The number of hydrogen-bond acceptors (Lipinski definition) is 6. The van der Waals surface area contributed by atoms with Crippen LogP contribution < -0.4 is 16.0 Å². The van der Waals surface area contributed by atoms with E-state index in [1.807, 2.05) is 18.4 Å². The highest BCUT2D eigenvalue weighted by molar-refractivity contribution is 7.09. The minimum absolute atomic E-state index is 0.0859. The predicted octanol–water partition coefficient (Wildman–Crippen LogP) is 1.19. The molecule has 1 unspecified atom stereocenters. The minimum Gasteiger partial charge on any atom is -0.369 e. The average Bonchev–Trinajstić information content (AvgIpc) is 3.14. The van der Waals surface area contributed by atoms with Crippen molar-refractivity contribution in [3.8, 4) is 0 Å². The second kappa shape index (κ2) is 6.20. The van der Waals surface area contributed by atoms with Gasteiger partial charge in [-0.3, -0.25) is 14.6 Å². The van der Waals surface area contributed by atoms with Gasteiger partial charge in [-0.05, 0) is 25.5 Å². The molecule has 0 bridgehead atoms. The Labute approximate surface area is 143 Å². The number of anilines is 1. The van der Waals surface area contributed by atoms with Gasteiger partial charge in [0.1, 0.15) is 16.2 Å². The number of aromatic nitrogens is 2. The summed E-state index contributed by atoms with van der Waals surface area (Å²) in [6.07, 6.45) is 2.31. The van der Waals surface area contributed by atoms with E-state index in [2.05, 4.69) is 20.2 Å². The summed E-state index contributed by atoms with van der Waals surface area (Å²) < 4.78 is 0. The molecule has 1 atom stereocenters. The molecule has 2 amide bonds. The molecule has 2 aromatic heterocycles. The van der Waals surface area contributed by atoms with E-state index in [1.165, 1.54) is 6.92 Å². The Morgan fingerprint density at radius 1 is 1.46 bits per heavy atom. The van der Waals surface area contributed by atoms with E-state index in [4.69, 9.17) is 5.73 Å². The number of primary amides is 1. The van der Waals surface area contributed by atoms with Crippen molar-refractivity contribution in [2.24, 2.45) is 5.73 Å². The maximum atomic E-state index is 11.7. The molecule has 1 fully saturated rings. The summed E-state index contributed by atoms with van der Waals surface area (Å²) in [5, 5.41) is 5.97. The van der Waals surface area contributed by atoms with Gasteiger partial charge in [-0.2, -0.15) is 0 Å². The minimum atomic E-state index is -0.556. The van der Waals surface area contributed by atoms with Crippen molar-refractivity contribution in [2.45, 2.75) is 25.8 Å². The molecule has 7 nitrogen and oxygen atoms in total. The van der Waals surface area contributed by atoms with Gasteiger partial charge in [0.05, 0.1) is 0 Å². The number of thiazole rings is 1. The molecule has 0 aliphatic carbocycles. The van der Waals surface area contributed by atoms with Crippen LogP contribution >= 0.6 is 11.3 Å². The van der Waals surface area contributed by atoms with Gasteiger partial charge in [-0.15, -0.1) is 11.3 Å². The lowest BCUT2D eigenvalue weighted by Gasteiger charge is -2.28. The smallest absolute Gasteiger partial charge is 0.267 e. The largest absolute Gasteiger partial charge is 0.369 e. The van der Waals surface area contributed by atoms with E-state index < -0.39 is 11.4 Å². The van der Waals surface area contributed by atoms with E-state index in [0.29, 0.717) is 6.54 Å². The first-order valence-corrected chi connectivity index (χ1v) is 8.50. The van der Waals surface area contributed by atoms with Crippen LogP contribution in [-0.4, -0.2) is 34.9 Å². The third-order valence-corrected chi connectivity index (χ3v) is 5.24. The van der Waals surface area contributed by atoms with Crippen LogP contribution in [0.1, 0.15) is 34.5 Å². The molecule has 3 heterocycles. The monoisotopic (exact) mass is 345 g/mol. The second-order valence-electron chi connectivity index (χ2n) is 5.99. The Hall–Kier alpha value is -2.48. The molecule has 0 spiro atoms. The third-order valence-electron chi connectivity index (χ3n) is 4.07. The molecule has 3 N–H and O–H groups in total. The molecular weight excluding hydrogens is 326 g/mol. The van der Waals surface area contributed by atoms with Gasteiger partial charge in [0.2, 0.25) is 5.91 Å². The van der Waals surface area contributed by atoms with Crippen molar-refractivity contribution in [1.82, 2.24) is 15.3 Å². The SMILES string of the molecule is CC(=O)NC1(c2nc(C)cs2)CCN(c2ccnc(C(N)=O)c2)C1. The van der Waals surface area contributed by atoms with Crippen molar-refractivity contribution < 1.29 is 9.59 Å². The van der Waals surface area contributed by atoms with Gasteiger partial charge in [0.25, 0.3) is 5.91 Å². The van der Waals surface area contributed by atoms with Crippen LogP contribution in [0, 0.1) is 6.92 Å². The number of carbonyl (C=O) groups excluding carboxylic acids is 2. The molecule has 0 aromatic carbocycles. The Balaban J connectivity index is 1.91. The molecule has 0 radical (unpaired) electrons. The average molecular weight is 345 g/mol. The van der Waals surface area contributed by atoms with E-state index in [9.17, 15) is 9.59 Å². The molecule has 0 saturated carbocycles. The Morgan fingerprint density at radius 3 is 2.88 bits per heavy atom. The number of nitrogens with zero attached hydrogens (tertiary/aromatic N) is 3. The molecule has 3 rings (SSSR count). The van der Waals surface area contributed by atoms with Crippen LogP contribution in [0.5, 0.6) is 0 Å². The molecule has 126 valence electrons. The zero-order valence-corrected chi connectivity index (χ0v) is 14.4. The zero-order chi connectivity index (χ0) is 17.3. The number of aryl methyl sites for hydroxylation is 1. The summed E-state index contributed by atoms with van der Waals surface area (Å²) in [7, 11) is 0. The zero-order valence-electron chi connectivity index (χ0n) is 13.6. The maximum absolute atomic E-state index is 11.7. The molecular formula is C16H19N5O2S. The fourth-order valence-electron chi connectivity index (χ4n) is 3.02. The Bertz CT molecular complexity index is 790. The van der Waals surface area contributed by atoms with Crippen LogP contribution in [0.2, 0.25) is 0 Å². The number of amides is 2. The van der Waals surface area contributed by atoms with Crippen LogP contribution in [0.3, 0.4) is 0 Å². The fourth-order valence-corrected chi connectivity index (χ4v) is 4.00.